The van der Waals surface area contributed by atoms with Gasteiger partial charge < -0.3 is 15.1 Å². The van der Waals surface area contributed by atoms with Crippen LogP contribution in [0.3, 0.4) is 0 Å². The van der Waals surface area contributed by atoms with E-state index in [9.17, 15) is 22.8 Å². The summed E-state index contributed by atoms with van der Waals surface area (Å²) in [5, 5.41) is 18.0. The van der Waals surface area contributed by atoms with Gasteiger partial charge in [0.05, 0.1) is 0 Å². The van der Waals surface area contributed by atoms with Crippen LogP contribution < -0.4 is 0 Å². The number of halogens is 3. The van der Waals surface area contributed by atoms with Gasteiger partial charge in [-0.15, -0.1) is 0 Å². The van der Waals surface area contributed by atoms with E-state index in [1.54, 1.807) is 0 Å². The number of carbonyl (C=O) groups excluding carboxylic acids is 1. The highest BCUT2D eigenvalue weighted by molar-refractivity contribution is 5.87. The number of phenolic OH excluding ortho intramolecular Hbond substituents is 1. The molecule has 1 aromatic carbocycles. The summed E-state index contributed by atoms with van der Waals surface area (Å²) < 4.78 is 36.9. The summed E-state index contributed by atoms with van der Waals surface area (Å²) in [5.74, 6) is -3.82. The van der Waals surface area contributed by atoms with Crippen molar-refractivity contribution in [3.05, 3.63) is 29.8 Å². The Hall–Kier alpha value is -2.25. The molecule has 0 aromatic heterocycles. The van der Waals surface area contributed by atoms with Crippen molar-refractivity contribution < 1.29 is 33.0 Å². The van der Waals surface area contributed by atoms with E-state index >= 15 is 0 Å². The van der Waals surface area contributed by atoms with Gasteiger partial charge in [0, 0.05) is 13.5 Å². The molecule has 0 fully saturated rings. The van der Waals surface area contributed by atoms with Crippen LogP contribution >= 0.6 is 0 Å². The molecule has 8 heteroatoms. The number of rotatable bonds is 4. The first-order valence-corrected chi connectivity index (χ1v) is 5.47. The number of amides is 1. The highest BCUT2D eigenvalue weighted by atomic mass is 19.4. The first kappa shape index (κ1) is 15.8. The molecule has 0 radical (unpaired) electrons. The summed E-state index contributed by atoms with van der Waals surface area (Å²) in [5.41, 5.74) is 0.386. The predicted octanol–water partition coefficient (Wildman–Crippen LogP) is 1.41. The molecular weight excluding hydrogens is 279 g/mol. The first-order valence-electron chi connectivity index (χ1n) is 5.47. The molecule has 1 atom stereocenters. The number of benzene rings is 1. The Morgan fingerprint density at radius 2 is 1.75 bits per heavy atom. The van der Waals surface area contributed by atoms with Crippen LogP contribution in [0.5, 0.6) is 5.75 Å². The number of carbonyl (C=O) groups is 2. The molecule has 0 saturated carbocycles. The van der Waals surface area contributed by atoms with E-state index in [1.807, 2.05) is 0 Å². The third kappa shape index (κ3) is 3.87. The number of likely N-dealkylation sites (N-methyl/N-ethyl adjacent to an activating group) is 1. The van der Waals surface area contributed by atoms with E-state index in [-0.39, 0.29) is 17.1 Å². The third-order valence-corrected chi connectivity index (χ3v) is 2.68. The Morgan fingerprint density at radius 1 is 1.25 bits per heavy atom. The van der Waals surface area contributed by atoms with Crippen LogP contribution in [0.15, 0.2) is 24.3 Å². The second-order valence-electron chi connectivity index (χ2n) is 4.14. The first-order chi connectivity index (χ1) is 9.12. The molecule has 1 rings (SSSR count). The Bertz CT molecular complexity index is 498. The van der Waals surface area contributed by atoms with Crippen LogP contribution in [0, 0.1) is 0 Å². The van der Waals surface area contributed by atoms with Crippen LogP contribution in [0.25, 0.3) is 0 Å². The van der Waals surface area contributed by atoms with E-state index in [0.717, 1.165) is 7.05 Å². The van der Waals surface area contributed by atoms with Crippen molar-refractivity contribution in [1.82, 2.24) is 4.90 Å². The van der Waals surface area contributed by atoms with Gasteiger partial charge in [-0.2, -0.15) is 13.2 Å². The summed E-state index contributed by atoms with van der Waals surface area (Å²) in [6.45, 7) is 0. The molecule has 20 heavy (non-hydrogen) atoms. The summed E-state index contributed by atoms with van der Waals surface area (Å²) >= 11 is 0. The van der Waals surface area contributed by atoms with Gasteiger partial charge in [0.25, 0.3) is 0 Å². The number of carboxylic acids is 1. The van der Waals surface area contributed by atoms with Crippen LogP contribution in [0.1, 0.15) is 5.56 Å². The highest BCUT2D eigenvalue weighted by Crippen LogP contribution is 2.21. The van der Waals surface area contributed by atoms with Crippen LogP contribution in [0.2, 0.25) is 0 Å². The van der Waals surface area contributed by atoms with Crippen molar-refractivity contribution in [1.29, 1.82) is 0 Å². The molecule has 1 aromatic rings. The monoisotopic (exact) mass is 291 g/mol. The van der Waals surface area contributed by atoms with Gasteiger partial charge in [-0.25, -0.2) is 4.79 Å². The molecule has 0 spiro atoms. The fourth-order valence-electron chi connectivity index (χ4n) is 1.59. The lowest BCUT2D eigenvalue weighted by molar-refractivity contribution is -0.188. The Kier molecular flexibility index (Phi) is 4.59. The van der Waals surface area contributed by atoms with E-state index in [1.165, 1.54) is 24.3 Å². The number of aromatic hydroxyl groups is 1. The number of alkyl halides is 3. The quantitative estimate of drug-likeness (QED) is 0.879. The van der Waals surface area contributed by atoms with Gasteiger partial charge in [-0.05, 0) is 17.7 Å². The van der Waals surface area contributed by atoms with Crippen molar-refractivity contribution in [2.75, 3.05) is 7.05 Å². The summed E-state index contributed by atoms with van der Waals surface area (Å²) in [7, 11) is 0.787. The largest absolute Gasteiger partial charge is 0.508 e. The lowest BCUT2D eigenvalue weighted by Crippen LogP contribution is -2.49. The van der Waals surface area contributed by atoms with Crippen molar-refractivity contribution >= 4 is 11.9 Å². The molecule has 110 valence electrons. The lowest BCUT2D eigenvalue weighted by Gasteiger charge is -2.25. The second-order valence-corrected chi connectivity index (χ2v) is 4.14. The maximum absolute atomic E-state index is 12.3. The predicted molar refractivity (Wildman–Crippen MR) is 62.1 cm³/mol. The number of phenols is 1. The number of nitrogens with zero attached hydrogens (tertiary/aromatic N) is 1. The van der Waals surface area contributed by atoms with Gasteiger partial charge in [0.15, 0.2) is 0 Å². The van der Waals surface area contributed by atoms with Gasteiger partial charge in [0.1, 0.15) is 11.8 Å². The molecular formula is C12H12F3NO4. The van der Waals surface area contributed by atoms with Gasteiger partial charge in [-0.3, -0.25) is 4.79 Å². The minimum atomic E-state index is -5.13. The minimum Gasteiger partial charge on any atom is -0.508 e. The molecule has 0 aliphatic rings. The summed E-state index contributed by atoms with van der Waals surface area (Å²) in [4.78, 5) is 22.2. The number of aliphatic carboxylic acids is 1. The topological polar surface area (TPSA) is 77.8 Å². The summed E-state index contributed by atoms with van der Waals surface area (Å²) in [6, 6.07) is 3.65. The fraction of sp³-hybridized carbons (Fsp3) is 0.333. The van der Waals surface area contributed by atoms with Crippen molar-refractivity contribution in [3.8, 4) is 5.75 Å². The number of carboxylic acid groups (broad SMARTS) is 1. The third-order valence-electron chi connectivity index (χ3n) is 2.68. The van der Waals surface area contributed by atoms with Gasteiger partial charge >= 0.3 is 18.1 Å². The van der Waals surface area contributed by atoms with Crippen molar-refractivity contribution in [3.63, 3.8) is 0 Å². The maximum Gasteiger partial charge on any atom is 0.471 e. The Morgan fingerprint density at radius 3 is 2.15 bits per heavy atom. The SMILES string of the molecule is CN(C(=O)C(F)(F)F)[C@@H](Cc1ccc(O)cc1)C(=O)O. The number of hydrogen-bond acceptors (Lipinski definition) is 3. The summed E-state index contributed by atoms with van der Waals surface area (Å²) in [6.07, 6.45) is -5.43. The average molecular weight is 291 g/mol. The van der Waals surface area contributed by atoms with Crippen molar-refractivity contribution in [2.45, 2.75) is 18.6 Å². The van der Waals surface area contributed by atoms with E-state index in [4.69, 9.17) is 10.2 Å². The van der Waals surface area contributed by atoms with Gasteiger partial charge in [-0.1, -0.05) is 12.1 Å². The van der Waals surface area contributed by atoms with E-state index < -0.39 is 24.1 Å². The number of hydrogen-bond donors (Lipinski definition) is 2. The molecule has 0 aliphatic carbocycles. The molecule has 2 N–H and O–H groups in total. The Labute approximate surface area is 112 Å². The Balaban J connectivity index is 2.92. The van der Waals surface area contributed by atoms with Crippen LogP contribution in [-0.2, 0) is 16.0 Å². The second kappa shape index (κ2) is 5.81. The molecule has 0 unspecified atom stereocenters. The van der Waals surface area contributed by atoms with Crippen LogP contribution in [0.4, 0.5) is 13.2 Å². The maximum atomic E-state index is 12.3. The van der Waals surface area contributed by atoms with Crippen LogP contribution in [-0.4, -0.2) is 46.3 Å². The van der Waals surface area contributed by atoms with E-state index in [2.05, 4.69) is 0 Å². The fourth-order valence-corrected chi connectivity index (χ4v) is 1.59. The standard InChI is InChI=1S/C12H12F3NO4/c1-16(11(20)12(13,14)15)9(10(18)19)6-7-2-4-8(17)5-3-7/h2-5,9,17H,6H2,1H3,(H,18,19)/t9-/m0/s1. The zero-order chi connectivity index (χ0) is 15.5. The lowest BCUT2D eigenvalue weighted by atomic mass is 10.0. The molecule has 1 amide bonds. The zero-order valence-electron chi connectivity index (χ0n) is 10.4. The van der Waals surface area contributed by atoms with Gasteiger partial charge in [0.2, 0.25) is 0 Å². The van der Waals surface area contributed by atoms with Crippen molar-refractivity contribution in [2.24, 2.45) is 0 Å². The smallest absolute Gasteiger partial charge is 0.471 e. The highest BCUT2D eigenvalue weighted by Gasteiger charge is 2.44. The van der Waals surface area contributed by atoms with E-state index in [0.29, 0.717) is 5.56 Å². The average Bonchev–Trinajstić information content (AvgIpc) is 2.35. The molecule has 5 nitrogen and oxygen atoms in total. The molecule has 0 saturated heterocycles. The molecule has 0 heterocycles. The molecule has 0 aliphatic heterocycles. The molecule has 0 bridgehead atoms. The zero-order valence-corrected chi connectivity index (χ0v) is 10.4. The normalized spacial score (nSPS) is 12.8. The minimum absolute atomic E-state index is 0.0552.